The van der Waals surface area contributed by atoms with E-state index in [1.165, 1.54) is 45.2 Å². The lowest BCUT2D eigenvalue weighted by Gasteiger charge is -2.40. The SMILES string of the molecule is CSC1(CNCCCC(C)C)CCC1. The molecule has 0 aromatic rings. The fraction of sp³-hybridized carbons (Fsp3) is 1.00. The van der Waals surface area contributed by atoms with Crippen LogP contribution >= 0.6 is 11.8 Å². The molecule has 1 aliphatic rings. The number of rotatable bonds is 7. The normalized spacial score (nSPS) is 19.7. The maximum Gasteiger partial charge on any atom is 0.0281 e. The fourth-order valence-electron chi connectivity index (χ4n) is 1.98. The van der Waals surface area contributed by atoms with Gasteiger partial charge in [0.15, 0.2) is 0 Å². The molecule has 0 unspecified atom stereocenters. The van der Waals surface area contributed by atoms with E-state index in [2.05, 4.69) is 37.2 Å². The highest BCUT2D eigenvalue weighted by atomic mass is 32.2. The third-order valence-electron chi connectivity index (χ3n) is 3.28. The van der Waals surface area contributed by atoms with Gasteiger partial charge in [-0.3, -0.25) is 0 Å². The summed E-state index contributed by atoms with van der Waals surface area (Å²) in [7, 11) is 0. The van der Waals surface area contributed by atoms with E-state index in [-0.39, 0.29) is 0 Å². The minimum atomic E-state index is 0.609. The highest BCUT2D eigenvalue weighted by molar-refractivity contribution is 8.00. The molecule has 1 aliphatic carbocycles. The van der Waals surface area contributed by atoms with Crippen LogP contribution in [0.15, 0.2) is 0 Å². The second kappa shape index (κ2) is 6.02. The standard InChI is InChI=1S/C12H25NS/c1-11(2)6-4-9-13-10-12(14-3)7-5-8-12/h11,13H,4-10H2,1-3H3. The molecular formula is C12H25NS. The van der Waals surface area contributed by atoms with Crippen LogP contribution in [0, 0.1) is 5.92 Å². The summed E-state index contributed by atoms with van der Waals surface area (Å²) in [6, 6.07) is 0. The summed E-state index contributed by atoms with van der Waals surface area (Å²) in [6.07, 6.45) is 9.24. The van der Waals surface area contributed by atoms with Crippen molar-refractivity contribution >= 4 is 11.8 Å². The second-order valence-electron chi connectivity index (χ2n) is 4.95. The monoisotopic (exact) mass is 215 g/mol. The first-order chi connectivity index (χ1) is 6.68. The Morgan fingerprint density at radius 1 is 1.36 bits per heavy atom. The zero-order chi connectivity index (χ0) is 10.4. The molecule has 0 aromatic carbocycles. The molecule has 14 heavy (non-hydrogen) atoms. The summed E-state index contributed by atoms with van der Waals surface area (Å²) >= 11 is 2.06. The van der Waals surface area contributed by atoms with Crippen molar-refractivity contribution in [3.05, 3.63) is 0 Å². The van der Waals surface area contributed by atoms with E-state index in [4.69, 9.17) is 0 Å². The highest BCUT2D eigenvalue weighted by Gasteiger charge is 2.35. The molecule has 0 heterocycles. The summed E-state index contributed by atoms with van der Waals surface area (Å²) in [5, 5.41) is 3.61. The third kappa shape index (κ3) is 3.82. The molecule has 0 amide bonds. The fourth-order valence-corrected chi connectivity index (χ4v) is 2.92. The van der Waals surface area contributed by atoms with Gasteiger partial charge < -0.3 is 5.32 Å². The summed E-state index contributed by atoms with van der Waals surface area (Å²) in [5.41, 5.74) is 0. The molecule has 0 atom stereocenters. The Hall–Kier alpha value is 0.310. The van der Waals surface area contributed by atoms with E-state index < -0.39 is 0 Å². The lowest BCUT2D eigenvalue weighted by molar-refractivity contribution is 0.344. The van der Waals surface area contributed by atoms with Crippen LogP contribution in [0.25, 0.3) is 0 Å². The predicted molar refractivity (Wildman–Crippen MR) is 67.0 cm³/mol. The molecule has 0 saturated heterocycles. The van der Waals surface area contributed by atoms with E-state index in [0.29, 0.717) is 4.75 Å². The van der Waals surface area contributed by atoms with Crippen molar-refractivity contribution in [2.75, 3.05) is 19.3 Å². The van der Waals surface area contributed by atoms with Crippen molar-refractivity contribution in [3.63, 3.8) is 0 Å². The molecule has 0 aromatic heterocycles. The van der Waals surface area contributed by atoms with Crippen molar-refractivity contribution in [1.29, 1.82) is 0 Å². The molecule has 0 bridgehead atoms. The first kappa shape index (κ1) is 12.4. The zero-order valence-corrected chi connectivity index (χ0v) is 10.8. The number of nitrogens with one attached hydrogen (secondary N) is 1. The van der Waals surface area contributed by atoms with Crippen molar-refractivity contribution in [2.45, 2.75) is 50.7 Å². The van der Waals surface area contributed by atoms with Gasteiger partial charge in [-0.2, -0.15) is 11.8 Å². The van der Waals surface area contributed by atoms with Crippen LogP contribution in [0.2, 0.25) is 0 Å². The van der Waals surface area contributed by atoms with Gasteiger partial charge >= 0.3 is 0 Å². The molecule has 0 radical (unpaired) electrons. The van der Waals surface area contributed by atoms with Gasteiger partial charge in [0, 0.05) is 11.3 Å². The van der Waals surface area contributed by atoms with Crippen molar-refractivity contribution in [3.8, 4) is 0 Å². The van der Waals surface area contributed by atoms with Gasteiger partial charge in [0.2, 0.25) is 0 Å². The molecular weight excluding hydrogens is 190 g/mol. The molecule has 1 saturated carbocycles. The summed E-state index contributed by atoms with van der Waals surface area (Å²) < 4.78 is 0.609. The van der Waals surface area contributed by atoms with Crippen molar-refractivity contribution in [1.82, 2.24) is 5.32 Å². The van der Waals surface area contributed by atoms with Crippen LogP contribution in [0.3, 0.4) is 0 Å². The number of hydrogen-bond acceptors (Lipinski definition) is 2. The Bertz CT molecular complexity index is 147. The van der Waals surface area contributed by atoms with Gasteiger partial charge in [0.25, 0.3) is 0 Å². The van der Waals surface area contributed by atoms with E-state index in [1.54, 1.807) is 0 Å². The summed E-state index contributed by atoms with van der Waals surface area (Å²) in [4.78, 5) is 0. The van der Waals surface area contributed by atoms with E-state index in [9.17, 15) is 0 Å². The average Bonchev–Trinajstić information content (AvgIpc) is 2.08. The molecule has 0 spiro atoms. The summed E-state index contributed by atoms with van der Waals surface area (Å²) in [6.45, 7) is 7.04. The van der Waals surface area contributed by atoms with Gasteiger partial charge in [-0.15, -0.1) is 0 Å². The Morgan fingerprint density at radius 2 is 2.07 bits per heavy atom. The number of thioether (sulfide) groups is 1. The van der Waals surface area contributed by atoms with Gasteiger partial charge in [0.1, 0.15) is 0 Å². The topological polar surface area (TPSA) is 12.0 Å². The summed E-state index contributed by atoms with van der Waals surface area (Å²) in [5.74, 6) is 0.856. The third-order valence-corrected chi connectivity index (χ3v) is 4.70. The highest BCUT2D eigenvalue weighted by Crippen LogP contribution is 2.42. The first-order valence-electron chi connectivity index (χ1n) is 5.94. The second-order valence-corrected chi connectivity index (χ2v) is 6.23. The first-order valence-corrected chi connectivity index (χ1v) is 7.17. The molecule has 1 N–H and O–H groups in total. The van der Waals surface area contributed by atoms with E-state index >= 15 is 0 Å². The van der Waals surface area contributed by atoms with Crippen molar-refractivity contribution in [2.24, 2.45) is 5.92 Å². The zero-order valence-electron chi connectivity index (χ0n) is 9.94. The Kier molecular flexibility index (Phi) is 5.32. The molecule has 1 nitrogen and oxygen atoms in total. The van der Waals surface area contributed by atoms with Crippen LogP contribution in [0.1, 0.15) is 46.0 Å². The smallest absolute Gasteiger partial charge is 0.0281 e. The van der Waals surface area contributed by atoms with Gasteiger partial charge in [-0.25, -0.2) is 0 Å². The lowest BCUT2D eigenvalue weighted by atomic mass is 9.84. The van der Waals surface area contributed by atoms with Crippen LogP contribution in [-0.2, 0) is 0 Å². The average molecular weight is 215 g/mol. The molecule has 1 fully saturated rings. The van der Waals surface area contributed by atoms with Crippen molar-refractivity contribution < 1.29 is 0 Å². The van der Waals surface area contributed by atoms with Crippen LogP contribution in [0.4, 0.5) is 0 Å². The Balaban J connectivity index is 1.97. The molecule has 2 heteroatoms. The lowest BCUT2D eigenvalue weighted by Crippen LogP contribution is -2.43. The maximum atomic E-state index is 3.61. The predicted octanol–water partition coefficient (Wildman–Crippen LogP) is 3.30. The van der Waals surface area contributed by atoms with Gasteiger partial charge in [0.05, 0.1) is 0 Å². The minimum Gasteiger partial charge on any atom is -0.315 e. The Labute approximate surface area is 93.4 Å². The van der Waals surface area contributed by atoms with E-state index in [1.807, 2.05) is 0 Å². The maximum absolute atomic E-state index is 3.61. The molecule has 1 rings (SSSR count). The van der Waals surface area contributed by atoms with Crippen LogP contribution < -0.4 is 5.32 Å². The van der Waals surface area contributed by atoms with Crippen LogP contribution in [-0.4, -0.2) is 24.1 Å². The van der Waals surface area contributed by atoms with Crippen LogP contribution in [0.5, 0.6) is 0 Å². The van der Waals surface area contributed by atoms with Gasteiger partial charge in [-0.1, -0.05) is 20.3 Å². The molecule has 0 aliphatic heterocycles. The number of hydrogen-bond donors (Lipinski definition) is 1. The Morgan fingerprint density at radius 3 is 2.50 bits per heavy atom. The quantitative estimate of drug-likeness (QED) is 0.654. The molecule has 84 valence electrons. The van der Waals surface area contributed by atoms with E-state index in [0.717, 1.165) is 5.92 Å². The minimum absolute atomic E-state index is 0.609. The largest absolute Gasteiger partial charge is 0.315 e. The van der Waals surface area contributed by atoms with Gasteiger partial charge in [-0.05, 0) is 44.4 Å².